The van der Waals surface area contributed by atoms with Gasteiger partial charge >= 0.3 is 0 Å². The van der Waals surface area contributed by atoms with Gasteiger partial charge in [0.25, 0.3) is 5.91 Å². The quantitative estimate of drug-likeness (QED) is 0.307. The molecule has 176 valence electrons. The van der Waals surface area contributed by atoms with E-state index in [1.807, 2.05) is 24.3 Å². The fourth-order valence-corrected chi connectivity index (χ4v) is 3.61. The smallest absolute Gasteiger partial charge is 0.268 e. The van der Waals surface area contributed by atoms with Crippen molar-refractivity contribution in [1.29, 1.82) is 0 Å². The summed E-state index contributed by atoms with van der Waals surface area (Å²) in [5.41, 5.74) is 2.74. The molecule has 4 rings (SSSR count). The molecular formula is C27H27ClN2O4. The molecule has 0 bridgehead atoms. The first kappa shape index (κ1) is 23.6. The van der Waals surface area contributed by atoms with Gasteiger partial charge in [0.2, 0.25) is 5.89 Å². The minimum atomic E-state index is -1.15. The van der Waals surface area contributed by atoms with Gasteiger partial charge in [-0.05, 0) is 79.9 Å². The zero-order valence-electron chi connectivity index (χ0n) is 19.8. The van der Waals surface area contributed by atoms with Crippen LogP contribution in [0.1, 0.15) is 39.2 Å². The maximum absolute atomic E-state index is 13.1. The molecule has 0 aliphatic heterocycles. The number of fused-ring (bicyclic) bond motifs is 1. The van der Waals surface area contributed by atoms with E-state index in [0.29, 0.717) is 39.6 Å². The lowest BCUT2D eigenvalue weighted by Crippen LogP contribution is -2.42. The first-order valence-corrected chi connectivity index (χ1v) is 11.4. The molecule has 3 aromatic carbocycles. The van der Waals surface area contributed by atoms with Crippen molar-refractivity contribution >= 4 is 34.3 Å². The van der Waals surface area contributed by atoms with Crippen molar-refractivity contribution in [3.8, 4) is 23.0 Å². The first-order chi connectivity index (χ1) is 16.2. The highest BCUT2D eigenvalue weighted by Gasteiger charge is 2.31. The fourth-order valence-electron chi connectivity index (χ4n) is 3.48. The van der Waals surface area contributed by atoms with Crippen molar-refractivity contribution in [2.45, 2.75) is 39.2 Å². The van der Waals surface area contributed by atoms with Crippen molar-refractivity contribution in [3.05, 3.63) is 71.2 Å². The third-order valence-corrected chi connectivity index (χ3v) is 5.76. The highest BCUT2D eigenvalue weighted by Crippen LogP contribution is 2.33. The van der Waals surface area contributed by atoms with E-state index >= 15 is 0 Å². The lowest BCUT2D eigenvalue weighted by Gasteiger charge is -2.26. The van der Waals surface area contributed by atoms with E-state index in [2.05, 4.69) is 24.1 Å². The molecule has 0 aliphatic rings. The number of carbonyl (C=O) groups is 1. The van der Waals surface area contributed by atoms with Gasteiger partial charge in [-0.1, -0.05) is 31.5 Å². The van der Waals surface area contributed by atoms with Crippen molar-refractivity contribution in [2.24, 2.45) is 0 Å². The van der Waals surface area contributed by atoms with E-state index in [9.17, 15) is 4.79 Å². The number of amides is 1. The Morgan fingerprint density at radius 3 is 2.47 bits per heavy atom. The molecule has 4 aromatic rings. The summed E-state index contributed by atoms with van der Waals surface area (Å²) >= 11 is 5.94. The van der Waals surface area contributed by atoms with Crippen LogP contribution in [-0.4, -0.2) is 23.6 Å². The Morgan fingerprint density at radius 1 is 1.06 bits per heavy atom. The van der Waals surface area contributed by atoms with Crippen molar-refractivity contribution in [3.63, 3.8) is 0 Å². The third kappa shape index (κ3) is 5.02. The fraction of sp³-hybridized carbons (Fsp3) is 0.259. The second kappa shape index (κ2) is 9.39. The van der Waals surface area contributed by atoms with E-state index in [1.54, 1.807) is 57.4 Å². The normalized spacial score (nSPS) is 11.6. The number of carbonyl (C=O) groups excluding carboxylic acids is 1. The average molecular weight is 479 g/mol. The second-order valence-electron chi connectivity index (χ2n) is 8.84. The van der Waals surface area contributed by atoms with Crippen molar-refractivity contribution in [2.75, 3.05) is 12.4 Å². The van der Waals surface area contributed by atoms with Crippen LogP contribution in [0.15, 0.2) is 65.1 Å². The van der Waals surface area contributed by atoms with E-state index in [-0.39, 0.29) is 5.91 Å². The minimum Gasteiger partial charge on any atom is -0.495 e. The van der Waals surface area contributed by atoms with E-state index < -0.39 is 5.60 Å². The number of rotatable bonds is 7. The number of oxazole rings is 1. The Hall–Kier alpha value is -3.51. The number of halogens is 1. The van der Waals surface area contributed by atoms with Gasteiger partial charge in [-0.3, -0.25) is 4.79 Å². The van der Waals surface area contributed by atoms with Crippen LogP contribution in [0.5, 0.6) is 11.5 Å². The van der Waals surface area contributed by atoms with Crippen LogP contribution in [0.2, 0.25) is 5.02 Å². The largest absolute Gasteiger partial charge is 0.495 e. The summed E-state index contributed by atoms with van der Waals surface area (Å²) in [5.74, 6) is 1.57. The molecule has 0 saturated carbocycles. The third-order valence-electron chi connectivity index (χ3n) is 5.51. The Bertz CT molecular complexity index is 1330. The van der Waals surface area contributed by atoms with Gasteiger partial charge in [0, 0.05) is 10.6 Å². The topological polar surface area (TPSA) is 73.6 Å². The maximum atomic E-state index is 13.1. The van der Waals surface area contributed by atoms with Crippen LogP contribution >= 0.6 is 11.6 Å². The average Bonchev–Trinajstić information content (AvgIpc) is 3.24. The molecule has 1 amide bonds. The number of anilines is 1. The monoisotopic (exact) mass is 478 g/mol. The lowest BCUT2D eigenvalue weighted by molar-refractivity contribution is -0.128. The zero-order chi connectivity index (χ0) is 24.5. The zero-order valence-corrected chi connectivity index (χ0v) is 20.6. The molecule has 0 fully saturated rings. The van der Waals surface area contributed by atoms with Gasteiger partial charge in [-0.25, -0.2) is 4.98 Å². The Kier molecular flexibility index (Phi) is 6.53. The number of nitrogens with one attached hydrogen (secondary N) is 1. The predicted octanol–water partition coefficient (Wildman–Crippen LogP) is 7.08. The molecule has 0 unspecified atom stereocenters. The predicted molar refractivity (Wildman–Crippen MR) is 135 cm³/mol. The second-order valence-corrected chi connectivity index (χ2v) is 9.27. The van der Waals surface area contributed by atoms with Gasteiger partial charge in [0.05, 0.1) is 12.8 Å². The summed E-state index contributed by atoms with van der Waals surface area (Å²) in [7, 11) is 1.55. The molecule has 0 aliphatic carbocycles. The number of nitrogens with zero attached hydrogens (tertiary/aromatic N) is 1. The molecule has 0 saturated heterocycles. The first-order valence-electron chi connectivity index (χ1n) is 11.0. The van der Waals surface area contributed by atoms with Crippen molar-refractivity contribution < 1.29 is 18.7 Å². The number of aromatic nitrogens is 1. The van der Waals surface area contributed by atoms with Gasteiger partial charge in [-0.15, -0.1) is 0 Å². The molecule has 7 heteroatoms. The molecule has 1 N–H and O–H groups in total. The van der Waals surface area contributed by atoms with Crippen molar-refractivity contribution in [1.82, 2.24) is 4.98 Å². The number of hydrogen-bond acceptors (Lipinski definition) is 5. The van der Waals surface area contributed by atoms with Crippen LogP contribution < -0.4 is 14.8 Å². The van der Waals surface area contributed by atoms with Crippen LogP contribution in [0.25, 0.3) is 22.6 Å². The lowest BCUT2D eigenvalue weighted by atomic mass is 10.0. The van der Waals surface area contributed by atoms with Crippen LogP contribution in [-0.2, 0) is 4.79 Å². The molecule has 34 heavy (non-hydrogen) atoms. The maximum Gasteiger partial charge on any atom is 0.268 e. The highest BCUT2D eigenvalue weighted by atomic mass is 35.5. The number of hydrogen-bond donors (Lipinski definition) is 1. The van der Waals surface area contributed by atoms with Gasteiger partial charge < -0.3 is 19.2 Å². The van der Waals surface area contributed by atoms with Crippen LogP contribution in [0, 0.1) is 0 Å². The Balaban J connectivity index is 1.60. The summed E-state index contributed by atoms with van der Waals surface area (Å²) in [6.45, 7) is 7.66. The van der Waals surface area contributed by atoms with E-state index in [0.717, 1.165) is 11.1 Å². The van der Waals surface area contributed by atoms with Gasteiger partial charge in [0.15, 0.2) is 11.2 Å². The van der Waals surface area contributed by atoms with Crippen LogP contribution in [0.3, 0.4) is 0 Å². The summed E-state index contributed by atoms with van der Waals surface area (Å²) in [5, 5.41) is 3.51. The molecule has 0 atom stereocenters. The molecule has 1 heterocycles. The minimum absolute atomic E-state index is 0.336. The molecular weight excluding hydrogens is 452 g/mol. The molecule has 1 aromatic heterocycles. The van der Waals surface area contributed by atoms with E-state index in [1.165, 1.54) is 5.56 Å². The summed E-state index contributed by atoms with van der Waals surface area (Å²) in [6.07, 6.45) is 0. The number of benzene rings is 3. The Labute approximate surface area is 203 Å². The SMILES string of the molecule is COc1ccc(-c2nc3cc(C(C)C)ccc3o2)cc1NC(=O)C(C)(C)Oc1ccc(Cl)cc1. The molecule has 6 nitrogen and oxygen atoms in total. The van der Waals surface area contributed by atoms with Crippen LogP contribution in [0.4, 0.5) is 5.69 Å². The summed E-state index contributed by atoms with van der Waals surface area (Å²) in [6, 6.07) is 18.3. The standard InChI is InChI=1S/C27H27ClN2O4/c1-16(2)17-6-13-24-22(14-17)29-25(33-24)18-7-12-23(32-5)21(15-18)30-26(31)27(3,4)34-20-10-8-19(28)9-11-20/h6-16H,1-5H3,(H,30,31). The molecule has 0 spiro atoms. The number of methoxy groups -OCH3 is 1. The molecule has 0 radical (unpaired) electrons. The number of ether oxygens (including phenoxy) is 2. The van der Waals surface area contributed by atoms with Gasteiger partial charge in [0.1, 0.15) is 17.0 Å². The summed E-state index contributed by atoms with van der Waals surface area (Å²) < 4.78 is 17.3. The van der Waals surface area contributed by atoms with E-state index in [4.69, 9.17) is 25.5 Å². The highest BCUT2D eigenvalue weighted by molar-refractivity contribution is 6.30. The summed E-state index contributed by atoms with van der Waals surface area (Å²) in [4.78, 5) is 17.8. The van der Waals surface area contributed by atoms with Gasteiger partial charge in [-0.2, -0.15) is 0 Å². The Morgan fingerprint density at radius 2 is 1.79 bits per heavy atom.